The molecule has 1 fully saturated rings. The molecule has 2 N–H and O–H groups in total. The number of nitrogens with zero attached hydrogens (tertiary/aromatic N) is 2. The Kier molecular flexibility index (Phi) is 4.12. The molecule has 1 aromatic carbocycles. The molecule has 21 heavy (non-hydrogen) atoms. The molecule has 0 aliphatic carbocycles. The van der Waals surface area contributed by atoms with E-state index in [1.165, 1.54) is 12.1 Å². The summed E-state index contributed by atoms with van der Waals surface area (Å²) in [7, 11) is 0. The molecule has 0 unspecified atom stereocenters. The van der Waals surface area contributed by atoms with Crippen molar-refractivity contribution >= 4 is 0 Å². The van der Waals surface area contributed by atoms with Crippen LogP contribution < -0.4 is 10.5 Å². The monoisotopic (exact) mass is 293 g/mol. The van der Waals surface area contributed by atoms with Gasteiger partial charge < -0.3 is 19.7 Å². The van der Waals surface area contributed by atoms with Gasteiger partial charge in [0.2, 0.25) is 5.82 Å². The van der Waals surface area contributed by atoms with Crippen molar-refractivity contribution in [3.05, 3.63) is 41.8 Å². The molecule has 0 bridgehead atoms. The summed E-state index contributed by atoms with van der Waals surface area (Å²) in [4.78, 5) is 4.25. The minimum atomic E-state index is -0.308. The molecule has 2 aromatic rings. The van der Waals surface area contributed by atoms with E-state index in [4.69, 9.17) is 19.7 Å². The molecule has 1 aromatic heterocycles. The Bertz CT molecular complexity index is 587. The third kappa shape index (κ3) is 3.37. The van der Waals surface area contributed by atoms with Crippen molar-refractivity contribution in [1.29, 1.82) is 0 Å². The van der Waals surface area contributed by atoms with Crippen molar-refractivity contribution in [2.45, 2.75) is 31.7 Å². The Morgan fingerprint density at radius 1 is 1.29 bits per heavy atom. The van der Waals surface area contributed by atoms with Crippen molar-refractivity contribution < 1.29 is 18.4 Å². The Morgan fingerprint density at radius 3 is 2.81 bits per heavy atom. The van der Waals surface area contributed by atoms with Crippen LogP contribution in [-0.4, -0.2) is 22.8 Å². The molecule has 1 aliphatic heterocycles. The van der Waals surface area contributed by atoms with Gasteiger partial charge in [0, 0.05) is 6.54 Å². The molecular weight excluding hydrogens is 277 g/mol. The highest BCUT2D eigenvalue weighted by Crippen LogP contribution is 2.31. The zero-order valence-electron chi connectivity index (χ0n) is 11.4. The largest absolute Gasteiger partial charge is 0.485 e. The Hall–Kier alpha value is -1.99. The fraction of sp³-hybridized carbons (Fsp3) is 0.429. The quantitative estimate of drug-likeness (QED) is 0.907. The Balaban J connectivity index is 1.57. The predicted octanol–water partition coefficient (Wildman–Crippen LogP) is 1.97. The zero-order chi connectivity index (χ0) is 14.7. The van der Waals surface area contributed by atoms with Crippen LogP contribution in [0.25, 0.3) is 0 Å². The lowest BCUT2D eigenvalue weighted by Crippen LogP contribution is -2.18. The second-order valence-electron chi connectivity index (χ2n) is 4.85. The van der Waals surface area contributed by atoms with E-state index in [0.717, 1.165) is 12.8 Å². The standard InChI is InChI=1S/C14H16FN3O3/c15-9-1-3-10(4-2-9)19-8-13-17-14(21-18-13)12-6-5-11(7-16)20-12/h1-4,11-12H,5-8,16H2/t11-,12-/m0/s1. The summed E-state index contributed by atoms with van der Waals surface area (Å²) in [5, 5.41) is 3.85. The number of ether oxygens (including phenoxy) is 2. The highest BCUT2D eigenvalue weighted by atomic mass is 19.1. The Labute approximate surface area is 121 Å². The number of hydrogen-bond acceptors (Lipinski definition) is 6. The molecule has 7 heteroatoms. The van der Waals surface area contributed by atoms with Gasteiger partial charge in [0.1, 0.15) is 17.7 Å². The minimum absolute atomic E-state index is 0.0563. The number of hydrogen-bond donors (Lipinski definition) is 1. The van der Waals surface area contributed by atoms with E-state index in [2.05, 4.69) is 10.1 Å². The highest BCUT2D eigenvalue weighted by Gasteiger charge is 2.29. The van der Waals surface area contributed by atoms with Crippen molar-refractivity contribution in [1.82, 2.24) is 10.1 Å². The smallest absolute Gasteiger partial charge is 0.255 e. The second kappa shape index (κ2) is 6.19. The molecule has 0 spiro atoms. The van der Waals surface area contributed by atoms with Crippen LogP contribution in [0.4, 0.5) is 4.39 Å². The first kappa shape index (κ1) is 14.0. The van der Waals surface area contributed by atoms with Crippen LogP contribution in [0, 0.1) is 5.82 Å². The highest BCUT2D eigenvalue weighted by molar-refractivity contribution is 5.22. The molecular formula is C14H16FN3O3. The van der Waals surface area contributed by atoms with Gasteiger partial charge in [-0.3, -0.25) is 0 Å². The van der Waals surface area contributed by atoms with E-state index in [9.17, 15) is 4.39 Å². The van der Waals surface area contributed by atoms with E-state index in [-0.39, 0.29) is 24.6 Å². The molecule has 0 radical (unpaired) electrons. The fourth-order valence-corrected chi connectivity index (χ4v) is 2.20. The number of rotatable bonds is 5. The first-order valence-electron chi connectivity index (χ1n) is 6.81. The molecule has 3 rings (SSSR count). The SMILES string of the molecule is NC[C@@H]1CC[C@@H](c2nc(COc3ccc(F)cc3)no2)O1. The van der Waals surface area contributed by atoms with E-state index in [1.807, 2.05) is 0 Å². The molecule has 0 saturated carbocycles. The lowest BCUT2D eigenvalue weighted by atomic mass is 10.2. The van der Waals surface area contributed by atoms with Gasteiger partial charge in [-0.25, -0.2) is 4.39 Å². The van der Waals surface area contributed by atoms with Crippen LogP contribution in [0.2, 0.25) is 0 Å². The van der Waals surface area contributed by atoms with Gasteiger partial charge in [-0.05, 0) is 37.1 Å². The molecule has 112 valence electrons. The van der Waals surface area contributed by atoms with Crippen molar-refractivity contribution in [3.63, 3.8) is 0 Å². The van der Waals surface area contributed by atoms with Gasteiger partial charge in [-0.1, -0.05) is 5.16 Å². The van der Waals surface area contributed by atoms with Gasteiger partial charge in [0.25, 0.3) is 5.89 Å². The van der Waals surface area contributed by atoms with E-state index >= 15 is 0 Å². The molecule has 2 heterocycles. The van der Waals surface area contributed by atoms with Gasteiger partial charge in [0.05, 0.1) is 6.10 Å². The van der Waals surface area contributed by atoms with E-state index < -0.39 is 0 Å². The van der Waals surface area contributed by atoms with Crippen LogP contribution >= 0.6 is 0 Å². The molecule has 0 amide bonds. The van der Waals surface area contributed by atoms with Gasteiger partial charge >= 0.3 is 0 Å². The Morgan fingerprint density at radius 2 is 2.10 bits per heavy atom. The molecule has 6 nitrogen and oxygen atoms in total. The summed E-state index contributed by atoms with van der Waals surface area (Å²) in [5.74, 6) is 1.11. The third-order valence-electron chi connectivity index (χ3n) is 3.31. The lowest BCUT2D eigenvalue weighted by molar-refractivity contribution is 0.0307. The maximum atomic E-state index is 12.8. The number of benzene rings is 1. The molecule has 1 saturated heterocycles. The van der Waals surface area contributed by atoms with E-state index in [1.54, 1.807) is 12.1 Å². The summed E-state index contributed by atoms with van der Waals surface area (Å²) in [5.41, 5.74) is 5.56. The average Bonchev–Trinajstić information content (AvgIpc) is 3.15. The molecule has 2 atom stereocenters. The van der Waals surface area contributed by atoms with Crippen molar-refractivity contribution in [2.24, 2.45) is 5.73 Å². The average molecular weight is 293 g/mol. The van der Waals surface area contributed by atoms with Gasteiger partial charge in [0.15, 0.2) is 6.61 Å². The van der Waals surface area contributed by atoms with Crippen molar-refractivity contribution in [3.8, 4) is 5.75 Å². The number of aromatic nitrogens is 2. The zero-order valence-corrected chi connectivity index (χ0v) is 11.4. The van der Waals surface area contributed by atoms with Crippen molar-refractivity contribution in [2.75, 3.05) is 6.54 Å². The number of nitrogens with two attached hydrogens (primary N) is 1. The van der Waals surface area contributed by atoms with E-state index in [0.29, 0.717) is 24.0 Å². The second-order valence-corrected chi connectivity index (χ2v) is 4.85. The normalized spacial score (nSPS) is 21.6. The van der Waals surface area contributed by atoms with Crippen LogP contribution in [-0.2, 0) is 11.3 Å². The predicted molar refractivity (Wildman–Crippen MR) is 70.9 cm³/mol. The third-order valence-corrected chi connectivity index (χ3v) is 3.31. The van der Waals surface area contributed by atoms with Gasteiger partial charge in [-0.15, -0.1) is 0 Å². The number of halogens is 1. The first-order chi connectivity index (χ1) is 10.2. The first-order valence-corrected chi connectivity index (χ1v) is 6.81. The summed E-state index contributed by atoms with van der Waals surface area (Å²) in [6, 6.07) is 5.75. The minimum Gasteiger partial charge on any atom is -0.485 e. The molecule has 1 aliphatic rings. The fourth-order valence-electron chi connectivity index (χ4n) is 2.20. The van der Waals surface area contributed by atoms with Crippen LogP contribution in [0.1, 0.15) is 30.7 Å². The van der Waals surface area contributed by atoms with Crippen LogP contribution in [0.3, 0.4) is 0 Å². The lowest BCUT2D eigenvalue weighted by Gasteiger charge is -2.07. The maximum Gasteiger partial charge on any atom is 0.255 e. The summed E-state index contributed by atoms with van der Waals surface area (Å²) in [6.45, 7) is 0.646. The summed E-state index contributed by atoms with van der Waals surface area (Å²) in [6.07, 6.45) is 1.58. The summed E-state index contributed by atoms with van der Waals surface area (Å²) >= 11 is 0. The van der Waals surface area contributed by atoms with Crippen LogP contribution in [0.15, 0.2) is 28.8 Å². The topological polar surface area (TPSA) is 83.4 Å². The summed E-state index contributed by atoms with van der Waals surface area (Å²) < 4.78 is 29.1. The van der Waals surface area contributed by atoms with Gasteiger partial charge in [-0.2, -0.15) is 4.98 Å². The van der Waals surface area contributed by atoms with Crippen LogP contribution in [0.5, 0.6) is 5.75 Å². The maximum absolute atomic E-state index is 12.8.